The molecule has 0 saturated carbocycles. The number of nitro groups is 1. The summed E-state index contributed by atoms with van der Waals surface area (Å²) in [6, 6.07) is 9.51. The van der Waals surface area contributed by atoms with Gasteiger partial charge in [0.25, 0.3) is 11.6 Å². The van der Waals surface area contributed by atoms with Crippen molar-refractivity contribution in [3.63, 3.8) is 0 Å². The Hall–Kier alpha value is -2.80. The van der Waals surface area contributed by atoms with E-state index in [1.807, 2.05) is 12.1 Å². The molecule has 2 heterocycles. The van der Waals surface area contributed by atoms with Crippen molar-refractivity contribution in [3.05, 3.63) is 69.0 Å². The van der Waals surface area contributed by atoms with Gasteiger partial charge in [-0.25, -0.2) is 0 Å². The molecule has 1 aliphatic rings. The molecule has 0 bridgehead atoms. The first-order chi connectivity index (χ1) is 13.8. The van der Waals surface area contributed by atoms with E-state index in [1.165, 1.54) is 18.1 Å². The summed E-state index contributed by atoms with van der Waals surface area (Å²) in [5.41, 5.74) is 2.75. The highest BCUT2D eigenvalue weighted by atomic mass is 16.6. The number of likely N-dealkylation sites (tertiary alicyclic amines) is 1. The Morgan fingerprint density at radius 1 is 1.21 bits per heavy atom. The van der Waals surface area contributed by atoms with Crippen LogP contribution in [0.25, 0.3) is 0 Å². The van der Waals surface area contributed by atoms with Crippen molar-refractivity contribution in [2.24, 2.45) is 11.8 Å². The number of hydrogen-bond acceptors (Lipinski definition) is 5. The van der Waals surface area contributed by atoms with Gasteiger partial charge in [-0.3, -0.25) is 24.8 Å². The van der Waals surface area contributed by atoms with E-state index in [9.17, 15) is 14.9 Å². The second kappa shape index (κ2) is 9.13. The first kappa shape index (κ1) is 20.9. The molecule has 3 rings (SSSR count). The smallest absolute Gasteiger partial charge is 0.288 e. The van der Waals surface area contributed by atoms with Gasteiger partial charge >= 0.3 is 0 Å². The zero-order chi connectivity index (χ0) is 21.0. The Kier molecular flexibility index (Phi) is 6.59. The number of pyridine rings is 1. The van der Waals surface area contributed by atoms with Crippen LogP contribution in [0.4, 0.5) is 5.69 Å². The van der Waals surface area contributed by atoms with E-state index < -0.39 is 4.92 Å². The van der Waals surface area contributed by atoms with E-state index >= 15 is 0 Å². The molecule has 1 saturated heterocycles. The molecule has 7 nitrogen and oxygen atoms in total. The fourth-order valence-electron chi connectivity index (χ4n) is 4.07. The van der Waals surface area contributed by atoms with Crippen molar-refractivity contribution in [3.8, 4) is 0 Å². The van der Waals surface area contributed by atoms with E-state index in [0.717, 1.165) is 43.2 Å². The Bertz CT molecular complexity index is 872. The number of aromatic nitrogens is 1. The number of carbonyl (C=O) groups is 1. The van der Waals surface area contributed by atoms with Crippen LogP contribution in [0.15, 0.2) is 36.5 Å². The Balaban J connectivity index is 1.57. The summed E-state index contributed by atoms with van der Waals surface area (Å²) < 4.78 is 0. The van der Waals surface area contributed by atoms with Crippen molar-refractivity contribution < 1.29 is 9.72 Å². The molecule has 7 heteroatoms. The number of aryl methyl sites for hydroxylation is 1. The van der Waals surface area contributed by atoms with Crippen LogP contribution >= 0.6 is 0 Å². The molecule has 1 amide bonds. The lowest BCUT2D eigenvalue weighted by atomic mass is 9.91. The summed E-state index contributed by atoms with van der Waals surface area (Å²) in [6.45, 7) is 9.87. The fraction of sp³-hybridized carbons (Fsp3) is 0.455. The van der Waals surface area contributed by atoms with E-state index in [0.29, 0.717) is 12.2 Å². The standard InChI is InChI=1S/C22H28N4O3/c1-15-8-16(2)13-25(12-15)14-19-6-4-18(5-7-19)10-24-22(27)21-9-20(26(28)29)11-23-17(21)3/h4-7,9,11,15-16H,8,10,12-14H2,1-3H3,(H,24,27). The van der Waals surface area contributed by atoms with Crippen LogP contribution in [-0.2, 0) is 13.1 Å². The highest BCUT2D eigenvalue weighted by Crippen LogP contribution is 2.22. The van der Waals surface area contributed by atoms with E-state index in [2.05, 4.69) is 41.2 Å². The normalized spacial score (nSPS) is 19.7. The molecule has 2 aromatic rings. The molecule has 1 N–H and O–H groups in total. The SMILES string of the molecule is Cc1ncc([N+](=O)[O-])cc1C(=O)NCc1ccc(CN2CC(C)CC(C)C2)cc1. The van der Waals surface area contributed by atoms with Gasteiger partial charge < -0.3 is 5.32 Å². The van der Waals surface area contributed by atoms with Crippen molar-refractivity contribution >= 4 is 11.6 Å². The second-order valence-corrected chi connectivity index (χ2v) is 8.22. The maximum atomic E-state index is 12.4. The highest BCUT2D eigenvalue weighted by Gasteiger charge is 2.21. The summed E-state index contributed by atoms with van der Waals surface area (Å²) in [7, 11) is 0. The molecular formula is C22H28N4O3. The number of benzene rings is 1. The number of carbonyl (C=O) groups excluding carboxylic acids is 1. The number of nitrogens with one attached hydrogen (secondary N) is 1. The highest BCUT2D eigenvalue weighted by molar-refractivity contribution is 5.95. The molecule has 1 aliphatic heterocycles. The minimum atomic E-state index is -0.550. The van der Waals surface area contributed by atoms with Crippen LogP contribution in [0.1, 0.15) is 47.4 Å². The van der Waals surface area contributed by atoms with Gasteiger partial charge in [-0.05, 0) is 36.3 Å². The van der Waals surface area contributed by atoms with Crippen molar-refractivity contribution in [1.82, 2.24) is 15.2 Å². The largest absolute Gasteiger partial charge is 0.348 e. The lowest BCUT2D eigenvalue weighted by Gasteiger charge is -2.35. The third kappa shape index (κ3) is 5.60. The third-order valence-electron chi connectivity index (χ3n) is 5.35. The van der Waals surface area contributed by atoms with Gasteiger partial charge in [0.15, 0.2) is 0 Å². The molecule has 2 unspecified atom stereocenters. The summed E-state index contributed by atoms with van der Waals surface area (Å²) in [5.74, 6) is 1.11. The van der Waals surface area contributed by atoms with Crippen LogP contribution in [0.3, 0.4) is 0 Å². The number of amides is 1. The monoisotopic (exact) mass is 396 g/mol. The first-order valence-corrected chi connectivity index (χ1v) is 10.0. The fourth-order valence-corrected chi connectivity index (χ4v) is 4.07. The number of rotatable bonds is 6. The van der Waals surface area contributed by atoms with E-state index in [-0.39, 0.29) is 17.2 Å². The van der Waals surface area contributed by atoms with Crippen LogP contribution in [0.2, 0.25) is 0 Å². The number of hydrogen-bond donors (Lipinski definition) is 1. The first-order valence-electron chi connectivity index (χ1n) is 10.0. The van der Waals surface area contributed by atoms with E-state index in [4.69, 9.17) is 0 Å². The Labute approximate surface area is 171 Å². The molecular weight excluding hydrogens is 368 g/mol. The maximum Gasteiger partial charge on any atom is 0.288 e. The zero-order valence-corrected chi connectivity index (χ0v) is 17.2. The maximum absolute atomic E-state index is 12.4. The van der Waals surface area contributed by atoms with Crippen LogP contribution in [-0.4, -0.2) is 33.8 Å². The number of nitrogens with zero attached hydrogens (tertiary/aromatic N) is 3. The summed E-state index contributed by atoms with van der Waals surface area (Å²) in [6.07, 6.45) is 2.46. The zero-order valence-electron chi connectivity index (χ0n) is 17.2. The Morgan fingerprint density at radius 3 is 2.45 bits per heavy atom. The van der Waals surface area contributed by atoms with Crippen LogP contribution in [0, 0.1) is 28.9 Å². The molecule has 154 valence electrons. The predicted molar refractivity (Wildman–Crippen MR) is 111 cm³/mol. The predicted octanol–water partition coefficient (Wildman–Crippen LogP) is 3.71. The molecule has 1 aromatic carbocycles. The Morgan fingerprint density at radius 2 is 1.83 bits per heavy atom. The lowest BCUT2D eigenvalue weighted by molar-refractivity contribution is -0.385. The van der Waals surface area contributed by atoms with E-state index in [1.54, 1.807) is 6.92 Å². The average molecular weight is 396 g/mol. The topological polar surface area (TPSA) is 88.4 Å². The lowest BCUT2D eigenvalue weighted by Crippen LogP contribution is -2.38. The number of piperidine rings is 1. The minimum Gasteiger partial charge on any atom is -0.348 e. The molecule has 0 aliphatic carbocycles. The van der Waals surface area contributed by atoms with Gasteiger partial charge in [-0.1, -0.05) is 38.1 Å². The molecule has 0 spiro atoms. The quantitative estimate of drug-likeness (QED) is 0.594. The summed E-state index contributed by atoms with van der Waals surface area (Å²) in [4.78, 5) is 29.2. The van der Waals surface area contributed by atoms with Gasteiger partial charge in [0.05, 0.1) is 16.2 Å². The van der Waals surface area contributed by atoms with Crippen molar-refractivity contribution in [1.29, 1.82) is 0 Å². The third-order valence-corrected chi connectivity index (χ3v) is 5.35. The molecule has 0 radical (unpaired) electrons. The van der Waals surface area contributed by atoms with Crippen molar-refractivity contribution in [2.75, 3.05) is 13.1 Å². The minimum absolute atomic E-state index is 0.188. The van der Waals surface area contributed by atoms with Crippen LogP contribution < -0.4 is 5.32 Å². The molecule has 2 atom stereocenters. The molecule has 1 aromatic heterocycles. The second-order valence-electron chi connectivity index (χ2n) is 8.22. The van der Waals surface area contributed by atoms with Gasteiger partial charge in [0.2, 0.25) is 0 Å². The van der Waals surface area contributed by atoms with Gasteiger partial charge in [0.1, 0.15) is 6.20 Å². The summed E-state index contributed by atoms with van der Waals surface area (Å²) >= 11 is 0. The van der Waals surface area contributed by atoms with Gasteiger partial charge in [-0.15, -0.1) is 0 Å². The summed E-state index contributed by atoms with van der Waals surface area (Å²) in [5, 5.41) is 13.7. The van der Waals surface area contributed by atoms with Gasteiger partial charge in [-0.2, -0.15) is 0 Å². The van der Waals surface area contributed by atoms with Gasteiger partial charge in [0, 0.05) is 32.2 Å². The van der Waals surface area contributed by atoms with Crippen molar-refractivity contribution in [2.45, 2.75) is 40.3 Å². The molecule has 29 heavy (non-hydrogen) atoms. The average Bonchev–Trinajstić information content (AvgIpc) is 2.66. The van der Waals surface area contributed by atoms with Crippen LogP contribution in [0.5, 0.6) is 0 Å². The molecule has 1 fully saturated rings.